The van der Waals surface area contributed by atoms with Crippen molar-refractivity contribution >= 4 is 21.6 Å². The number of benzene rings is 1. The molecule has 21 heavy (non-hydrogen) atoms. The van der Waals surface area contributed by atoms with Gasteiger partial charge < -0.3 is 10.2 Å². The molecule has 1 aromatic rings. The highest BCUT2D eigenvalue weighted by molar-refractivity contribution is 9.10. The second kappa shape index (κ2) is 6.70. The summed E-state index contributed by atoms with van der Waals surface area (Å²) in [6, 6.07) is 6.74. The molecular formula is C18H27BrN2. The highest BCUT2D eigenvalue weighted by atomic mass is 79.9. The molecule has 1 saturated carbocycles. The molecular weight excluding hydrogens is 324 g/mol. The van der Waals surface area contributed by atoms with Gasteiger partial charge in [-0.3, -0.25) is 0 Å². The van der Waals surface area contributed by atoms with Gasteiger partial charge in [0.25, 0.3) is 0 Å². The molecule has 3 heteroatoms. The fraction of sp³-hybridized carbons (Fsp3) is 0.667. The van der Waals surface area contributed by atoms with Crippen LogP contribution in [0.15, 0.2) is 22.7 Å². The second-order valence-electron chi connectivity index (χ2n) is 6.75. The number of nitrogens with one attached hydrogen (secondary N) is 1. The summed E-state index contributed by atoms with van der Waals surface area (Å²) in [7, 11) is 0. The van der Waals surface area contributed by atoms with E-state index in [1.165, 1.54) is 67.3 Å². The molecule has 0 radical (unpaired) electrons. The lowest BCUT2D eigenvalue weighted by Crippen LogP contribution is -2.39. The van der Waals surface area contributed by atoms with E-state index in [0.29, 0.717) is 5.41 Å². The van der Waals surface area contributed by atoms with Gasteiger partial charge in [0.05, 0.1) is 0 Å². The zero-order valence-electron chi connectivity index (χ0n) is 13.1. The van der Waals surface area contributed by atoms with Crippen LogP contribution in [0.2, 0.25) is 0 Å². The second-order valence-corrected chi connectivity index (χ2v) is 7.66. The van der Waals surface area contributed by atoms with Crippen LogP contribution in [0.1, 0.15) is 51.0 Å². The maximum Gasteiger partial charge on any atom is 0.0423 e. The van der Waals surface area contributed by atoms with Crippen molar-refractivity contribution in [2.75, 3.05) is 24.5 Å². The zero-order chi connectivity index (χ0) is 14.7. The van der Waals surface area contributed by atoms with Crippen LogP contribution in [-0.2, 0) is 6.54 Å². The Bertz CT molecular complexity index is 470. The van der Waals surface area contributed by atoms with E-state index in [1.54, 1.807) is 0 Å². The normalized spacial score (nSPS) is 21.1. The Kier molecular flexibility index (Phi) is 4.90. The maximum absolute atomic E-state index is 3.64. The molecule has 3 rings (SSSR count). The van der Waals surface area contributed by atoms with Gasteiger partial charge in [0.15, 0.2) is 0 Å². The molecule has 1 heterocycles. The number of hydrogen-bond acceptors (Lipinski definition) is 2. The molecule has 1 aliphatic heterocycles. The predicted molar refractivity (Wildman–Crippen MR) is 93.9 cm³/mol. The van der Waals surface area contributed by atoms with E-state index in [9.17, 15) is 0 Å². The first-order valence-corrected chi connectivity index (χ1v) is 9.26. The highest BCUT2D eigenvalue weighted by Crippen LogP contribution is 2.47. The van der Waals surface area contributed by atoms with Gasteiger partial charge in [-0.25, -0.2) is 0 Å². The van der Waals surface area contributed by atoms with Gasteiger partial charge in [-0.15, -0.1) is 0 Å². The minimum atomic E-state index is 0.699. The van der Waals surface area contributed by atoms with Gasteiger partial charge in [0.1, 0.15) is 0 Å². The molecule has 1 aromatic carbocycles. The summed E-state index contributed by atoms with van der Waals surface area (Å²) in [5, 5.41) is 3.47. The van der Waals surface area contributed by atoms with Crippen LogP contribution in [0.3, 0.4) is 0 Å². The fourth-order valence-electron chi connectivity index (χ4n) is 4.09. The molecule has 1 saturated heterocycles. The number of nitrogens with zero attached hydrogens (tertiary/aromatic N) is 1. The van der Waals surface area contributed by atoms with E-state index in [4.69, 9.17) is 0 Å². The summed E-state index contributed by atoms with van der Waals surface area (Å²) in [5.41, 5.74) is 3.56. The van der Waals surface area contributed by atoms with Crippen molar-refractivity contribution in [3.05, 3.63) is 28.2 Å². The molecule has 1 spiro atoms. The monoisotopic (exact) mass is 350 g/mol. The molecule has 2 aliphatic rings. The number of anilines is 1. The zero-order valence-corrected chi connectivity index (χ0v) is 14.7. The van der Waals surface area contributed by atoms with Crippen molar-refractivity contribution in [3.63, 3.8) is 0 Å². The van der Waals surface area contributed by atoms with E-state index in [-0.39, 0.29) is 0 Å². The molecule has 1 aliphatic carbocycles. The Balaban J connectivity index is 1.73. The summed E-state index contributed by atoms with van der Waals surface area (Å²) in [6.07, 6.45) is 8.65. The topological polar surface area (TPSA) is 15.3 Å². The third-order valence-corrected chi connectivity index (χ3v) is 5.94. The maximum atomic E-state index is 3.64. The van der Waals surface area contributed by atoms with Crippen LogP contribution in [0.5, 0.6) is 0 Å². The van der Waals surface area contributed by atoms with Crippen LogP contribution in [0, 0.1) is 5.41 Å². The molecule has 0 atom stereocenters. The van der Waals surface area contributed by atoms with Crippen LogP contribution < -0.4 is 10.2 Å². The first-order chi connectivity index (χ1) is 10.2. The average Bonchev–Trinajstić information content (AvgIpc) is 2.95. The lowest BCUT2D eigenvalue weighted by Gasteiger charge is -2.41. The van der Waals surface area contributed by atoms with Crippen molar-refractivity contribution in [1.82, 2.24) is 5.32 Å². The summed E-state index contributed by atoms with van der Waals surface area (Å²) >= 11 is 3.64. The Morgan fingerprint density at radius 1 is 1.14 bits per heavy atom. The smallest absolute Gasteiger partial charge is 0.0423 e. The number of rotatable bonds is 4. The average molecular weight is 351 g/mol. The van der Waals surface area contributed by atoms with Crippen molar-refractivity contribution in [2.24, 2.45) is 5.41 Å². The van der Waals surface area contributed by atoms with E-state index >= 15 is 0 Å². The highest BCUT2D eigenvalue weighted by Gasteiger charge is 2.37. The SMILES string of the molecule is CCNCc1ccc(Br)cc1N1CCC2(CCCC2)CC1. The first-order valence-electron chi connectivity index (χ1n) is 8.47. The van der Waals surface area contributed by atoms with Gasteiger partial charge in [0.2, 0.25) is 0 Å². The van der Waals surface area contributed by atoms with E-state index in [0.717, 1.165) is 13.1 Å². The number of piperidine rings is 1. The Morgan fingerprint density at radius 2 is 1.86 bits per heavy atom. The molecule has 2 fully saturated rings. The Labute approximate surface area is 137 Å². The number of hydrogen-bond donors (Lipinski definition) is 1. The fourth-order valence-corrected chi connectivity index (χ4v) is 4.44. The van der Waals surface area contributed by atoms with Crippen molar-refractivity contribution in [2.45, 2.75) is 52.0 Å². The van der Waals surface area contributed by atoms with Crippen LogP contribution in [0.4, 0.5) is 5.69 Å². The lowest BCUT2D eigenvalue weighted by molar-refractivity contribution is 0.226. The molecule has 0 aromatic heterocycles. The summed E-state index contributed by atoms with van der Waals surface area (Å²) in [6.45, 7) is 6.63. The quantitative estimate of drug-likeness (QED) is 0.844. The van der Waals surface area contributed by atoms with Crippen LogP contribution in [0.25, 0.3) is 0 Å². The van der Waals surface area contributed by atoms with Gasteiger partial charge in [0, 0.05) is 29.8 Å². The molecule has 116 valence electrons. The first kappa shape index (κ1) is 15.4. The molecule has 2 nitrogen and oxygen atoms in total. The standard InChI is InChI=1S/C18H27BrN2/c1-2-20-14-15-5-6-16(19)13-17(15)21-11-9-18(10-12-21)7-3-4-8-18/h5-6,13,20H,2-4,7-12,14H2,1H3. The van der Waals surface area contributed by atoms with E-state index < -0.39 is 0 Å². The third-order valence-electron chi connectivity index (χ3n) is 5.44. The van der Waals surface area contributed by atoms with Crippen molar-refractivity contribution < 1.29 is 0 Å². The van der Waals surface area contributed by atoms with Gasteiger partial charge in [-0.2, -0.15) is 0 Å². The van der Waals surface area contributed by atoms with Crippen molar-refractivity contribution in [3.8, 4) is 0 Å². The molecule has 0 unspecified atom stereocenters. The Hall–Kier alpha value is -0.540. The molecule has 0 amide bonds. The molecule has 0 bridgehead atoms. The number of halogens is 1. The largest absolute Gasteiger partial charge is 0.371 e. The van der Waals surface area contributed by atoms with Gasteiger partial charge in [-0.1, -0.05) is 41.8 Å². The predicted octanol–water partition coefficient (Wildman–Crippen LogP) is 4.72. The summed E-state index contributed by atoms with van der Waals surface area (Å²) in [5.74, 6) is 0. The minimum absolute atomic E-state index is 0.699. The third kappa shape index (κ3) is 3.45. The van der Waals surface area contributed by atoms with Crippen LogP contribution >= 0.6 is 15.9 Å². The summed E-state index contributed by atoms with van der Waals surface area (Å²) < 4.78 is 1.19. The molecule has 1 N–H and O–H groups in total. The van der Waals surface area contributed by atoms with E-state index in [2.05, 4.69) is 51.3 Å². The van der Waals surface area contributed by atoms with E-state index in [1.807, 2.05) is 0 Å². The lowest BCUT2D eigenvalue weighted by atomic mass is 9.77. The Morgan fingerprint density at radius 3 is 2.52 bits per heavy atom. The van der Waals surface area contributed by atoms with Crippen molar-refractivity contribution in [1.29, 1.82) is 0 Å². The van der Waals surface area contributed by atoms with Gasteiger partial charge in [-0.05, 0) is 55.3 Å². The van der Waals surface area contributed by atoms with Crippen LogP contribution in [-0.4, -0.2) is 19.6 Å². The van der Waals surface area contributed by atoms with Gasteiger partial charge >= 0.3 is 0 Å². The summed E-state index contributed by atoms with van der Waals surface area (Å²) in [4.78, 5) is 2.61. The minimum Gasteiger partial charge on any atom is -0.371 e.